The molecule has 0 saturated carbocycles. The third kappa shape index (κ3) is 3.96. The van der Waals surface area contributed by atoms with E-state index in [2.05, 4.69) is 39.7 Å². The molecule has 0 aliphatic carbocycles. The van der Waals surface area contributed by atoms with Crippen LogP contribution in [0.25, 0.3) is 10.2 Å². The molecule has 32 heavy (non-hydrogen) atoms. The number of fused-ring (bicyclic) bond motifs is 1. The number of anilines is 1. The van der Waals surface area contributed by atoms with Crippen LogP contribution in [0.2, 0.25) is 0 Å². The van der Waals surface area contributed by atoms with E-state index in [0.29, 0.717) is 17.4 Å². The van der Waals surface area contributed by atoms with Gasteiger partial charge in [-0.15, -0.1) is 11.3 Å². The molecular weight excluding hydrogens is 422 g/mol. The van der Waals surface area contributed by atoms with Gasteiger partial charge < -0.3 is 14.5 Å². The number of carbonyl (C=O) groups is 1. The van der Waals surface area contributed by atoms with E-state index in [9.17, 15) is 4.79 Å². The van der Waals surface area contributed by atoms with Crippen LogP contribution in [0.5, 0.6) is 0 Å². The molecule has 5 rings (SSSR count). The molecule has 0 aromatic carbocycles. The molecule has 3 fully saturated rings. The summed E-state index contributed by atoms with van der Waals surface area (Å²) < 4.78 is 5.50. The number of ether oxygens (including phenoxy) is 1. The zero-order valence-electron chi connectivity index (χ0n) is 19.9. The highest BCUT2D eigenvalue weighted by Gasteiger charge is 2.51. The Kier molecular flexibility index (Phi) is 5.36. The number of rotatable bonds is 4. The van der Waals surface area contributed by atoms with Crippen molar-refractivity contribution < 1.29 is 9.53 Å². The SMILES string of the molecule is CCc1cc2c(N3CCC4(C3)CN([C@@H](C)C3CN(C(=O)OC(C)(C)C)C3)C4)ncnc2s1. The topological polar surface area (TPSA) is 61.8 Å². The summed E-state index contributed by atoms with van der Waals surface area (Å²) in [5.41, 5.74) is -0.0495. The highest BCUT2D eigenvalue weighted by molar-refractivity contribution is 7.18. The van der Waals surface area contributed by atoms with Crippen LogP contribution in [0.3, 0.4) is 0 Å². The molecule has 0 N–H and O–H groups in total. The van der Waals surface area contributed by atoms with E-state index >= 15 is 0 Å². The molecule has 0 bridgehead atoms. The number of likely N-dealkylation sites (tertiary alicyclic amines) is 2. The maximum atomic E-state index is 12.2. The number of hydrogen-bond donors (Lipinski definition) is 0. The quantitative estimate of drug-likeness (QED) is 0.691. The fraction of sp³-hybridized carbons (Fsp3) is 0.708. The first-order valence-corrected chi connectivity index (χ1v) is 12.7. The number of aromatic nitrogens is 2. The summed E-state index contributed by atoms with van der Waals surface area (Å²) in [6.07, 6.45) is 3.81. The highest BCUT2D eigenvalue weighted by Crippen LogP contribution is 2.44. The van der Waals surface area contributed by atoms with Crippen molar-refractivity contribution >= 4 is 33.5 Å². The van der Waals surface area contributed by atoms with Crippen LogP contribution in [-0.4, -0.2) is 76.8 Å². The summed E-state index contributed by atoms with van der Waals surface area (Å²) >= 11 is 1.79. The van der Waals surface area contributed by atoms with Gasteiger partial charge in [0.25, 0.3) is 0 Å². The lowest BCUT2D eigenvalue weighted by Crippen LogP contribution is -2.66. The Hall–Kier alpha value is -1.93. The lowest BCUT2D eigenvalue weighted by atomic mass is 9.76. The van der Waals surface area contributed by atoms with Gasteiger partial charge in [-0.05, 0) is 46.6 Å². The molecule has 5 heterocycles. The minimum Gasteiger partial charge on any atom is -0.444 e. The van der Waals surface area contributed by atoms with Crippen LogP contribution in [0.4, 0.5) is 10.6 Å². The van der Waals surface area contributed by atoms with E-state index in [1.165, 1.54) is 16.7 Å². The van der Waals surface area contributed by atoms with Crippen molar-refractivity contribution in [2.75, 3.05) is 44.2 Å². The summed E-state index contributed by atoms with van der Waals surface area (Å²) in [6.45, 7) is 16.3. The number of hydrogen-bond acceptors (Lipinski definition) is 7. The summed E-state index contributed by atoms with van der Waals surface area (Å²) in [4.78, 5) is 30.8. The smallest absolute Gasteiger partial charge is 0.410 e. The van der Waals surface area contributed by atoms with Crippen LogP contribution in [0.15, 0.2) is 12.4 Å². The van der Waals surface area contributed by atoms with Gasteiger partial charge >= 0.3 is 6.09 Å². The minimum atomic E-state index is -0.428. The number of aryl methyl sites for hydroxylation is 1. The normalized spacial score (nSPS) is 22.3. The zero-order chi connectivity index (χ0) is 22.7. The highest BCUT2D eigenvalue weighted by atomic mass is 32.1. The molecule has 3 aliphatic heterocycles. The summed E-state index contributed by atoms with van der Waals surface area (Å²) in [5, 5.41) is 1.22. The van der Waals surface area contributed by atoms with Gasteiger partial charge in [-0.25, -0.2) is 14.8 Å². The minimum absolute atomic E-state index is 0.178. The molecule has 1 atom stereocenters. The van der Waals surface area contributed by atoms with Gasteiger partial charge in [0.15, 0.2) is 0 Å². The standard InChI is InChI=1S/C24H35N5O2S/c1-6-18-9-19-20(25-15-26-21(19)32-18)27-8-7-24(12-27)13-29(14-24)16(2)17-10-28(11-17)22(30)31-23(3,4)5/h9,15-17H,6-8,10-14H2,1-5H3/t16-/m0/s1. The molecule has 1 amide bonds. The molecule has 3 aliphatic rings. The second kappa shape index (κ2) is 7.83. The van der Waals surface area contributed by atoms with Crippen LogP contribution < -0.4 is 4.90 Å². The van der Waals surface area contributed by atoms with Crippen LogP contribution >= 0.6 is 11.3 Å². The first-order chi connectivity index (χ1) is 15.2. The lowest BCUT2D eigenvalue weighted by molar-refractivity contribution is -0.0640. The third-order valence-electron chi connectivity index (χ3n) is 7.34. The predicted octanol–water partition coefficient (Wildman–Crippen LogP) is 4.02. The maximum Gasteiger partial charge on any atom is 0.410 e. The summed E-state index contributed by atoms with van der Waals surface area (Å²) in [5.74, 6) is 1.65. The molecule has 2 aromatic heterocycles. The van der Waals surface area contributed by atoms with Crippen molar-refractivity contribution in [1.82, 2.24) is 19.8 Å². The second-order valence-corrected chi connectivity index (χ2v) is 12.1. The third-order valence-corrected chi connectivity index (χ3v) is 8.53. The van der Waals surface area contributed by atoms with Gasteiger partial charge in [-0.1, -0.05) is 6.92 Å². The van der Waals surface area contributed by atoms with Crippen LogP contribution in [0.1, 0.15) is 45.9 Å². The van der Waals surface area contributed by atoms with E-state index in [4.69, 9.17) is 4.74 Å². The van der Waals surface area contributed by atoms with Crippen molar-refractivity contribution in [3.8, 4) is 0 Å². The largest absolute Gasteiger partial charge is 0.444 e. The molecule has 1 spiro atoms. The van der Waals surface area contributed by atoms with E-state index in [0.717, 1.165) is 56.3 Å². The van der Waals surface area contributed by atoms with Crippen molar-refractivity contribution in [3.63, 3.8) is 0 Å². The van der Waals surface area contributed by atoms with Crippen molar-refractivity contribution in [1.29, 1.82) is 0 Å². The molecule has 174 valence electrons. The Balaban J connectivity index is 1.15. The van der Waals surface area contributed by atoms with Crippen molar-refractivity contribution in [2.45, 2.75) is 59.1 Å². The van der Waals surface area contributed by atoms with Gasteiger partial charge in [0.1, 0.15) is 22.6 Å². The Morgan fingerprint density at radius 3 is 2.72 bits per heavy atom. The zero-order valence-corrected chi connectivity index (χ0v) is 20.7. The fourth-order valence-corrected chi connectivity index (χ4v) is 6.32. The summed E-state index contributed by atoms with van der Waals surface area (Å²) in [7, 11) is 0. The fourth-order valence-electron chi connectivity index (χ4n) is 5.39. The first kappa shape index (κ1) is 21.9. The number of carbonyl (C=O) groups excluding carboxylic acids is 1. The van der Waals surface area contributed by atoms with Gasteiger partial charge in [-0.2, -0.15) is 0 Å². The Morgan fingerprint density at radius 1 is 1.28 bits per heavy atom. The van der Waals surface area contributed by atoms with Crippen LogP contribution in [-0.2, 0) is 11.2 Å². The number of nitrogens with zero attached hydrogens (tertiary/aromatic N) is 5. The Labute approximate surface area is 194 Å². The first-order valence-electron chi connectivity index (χ1n) is 11.9. The van der Waals surface area contributed by atoms with Gasteiger partial charge in [0.05, 0.1) is 5.39 Å². The molecule has 0 unspecified atom stereocenters. The lowest BCUT2D eigenvalue weighted by Gasteiger charge is -2.55. The van der Waals surface area contributed by atoms with E-state index in [1.807, 2.05) is 25.7 Å². The van der Waals surface area contributed by atoms with Crippen LogP contribution in [0, 0.1) is 11.3 Å². The van der Waals surface area contributed by atoms with E-state index < -0.39 is 5.60 Å². The molecule has 2 aromatic rings. The van der Waals surface area contributed by atoms with Gasteiger partial charge in [-0.3, -0.25) is 4.90 Å². The molecular formula is C24H35N5O2S. The van der Waals surface area contributed by atoms with E-state index in [1.54, 1.807) is 17.7 Å². The monoisotopic (exact) mass is 457 g/mol. The van der Waals surface area contributed by atoms with E-state index in [-0.39, 0.29) is 6.09 Å². The van der Waals surface area contributed by atoms with Crippen molar-refractivity contribution in [3.05, 3.63) is 17.3 Å². The average Bonchev–Trinajstić information content (AvgIpc) is 3.28. The molecule has 7 nitrogen and oxygen atoms in total. The van der Waals surface area contributed by atoms with Gasteiger partial charge in [0.2, 0.25) is 0 Å². The summed E-state index contributed by atoms with van der Waals surface area (Å²) in [6, 6.07) is 2.78. The Bertz CT molecular complexity index is 1000. The Morgan fingerprint density at radius 2 is 2.03 bits per heavy atom. The maximum absolute atomic E-state index is 12.2. The number of thiophene rings is 1. The second-order valence-electron chi connectivity index (χ2n) is 10.9. The molecule has 3 saturated heterocycles. The average molecular weight is 458 g/mol. The molecule has 8 heteroatoms. The number of amides is 1. The molecule has 0 radical (unpaired) electrons. The predicted molar refractivity (Wildman–Crippen MR) is 128 cm³/mol. The van der Waals surface area contributed by atoms with Gasteiger partial charge in [0, 0.05) is 61.5 Å². The van der Waals surface area contributed by atoms with Crippen molar-refractivity contribution in [2.24, 2.45) is 11.3 Å².